The van der Waals surface area contributed by atoms with Gasteiger partial charge in [0.05, 0.1) is 10.6 Å². The van der Waals surface area contributed by atoms with Gasteiger partial charge in [-0.25, -0.2) is 4.98 Å². The predicted molar refractivity (Wildman–Crippen MR) is 79.0 cm³/mol. The van der Waals surface area contributed by atoms with E-state index in [1.165, 1.54) is 11.3 Å². The number of aldehydes is 1. The lowest BCUT2D eigenvalue weighted by Crippen LogP contribution is -2.25. The molecule has 0 spiro atoms. The highest BCUT2D eigenvalue weighted by atomic mass is 32.1. The van der Waals surface area contributed by atoms with Crippen LogP contribution in [-0.4, -0.2) is 24.4 Å². The molecule has 0 radical (unpaired) electrons. The van der Waals surface area contributed by atoms with Gasteiger partial charge in [0.2, 0.25) is 0 Å². The van der Waals surface area contributed by atoms with Gasteiger partial charge in [-0.2, -0.15) is 0 Å². The summed E-state index contributed by atoms with van der Waals surface area (Å²) in [5.74, 6) is 0. The summed E-state index contributed by atoms with van der Waals surface area (Å²) >= 11 is 1.52. The second-order valence-electron chi connectivity index (χ2n) is 5.56. The van der Waals surface area contributed by atoms with Crippen LogP contribution in [-0.2, 0) is 5.41 Å². The molecule has 0 atom stereocenters. The molecule has 0 N–H and O–H groups in total. The Morgan fingerprint density at radius 2 is 1.78 bits per heavy atom. The fourth-order valence-electron chi connectivity index (χ4n) is 1.92. The van der Waals surface area contributed by atoms with Crippen LogP contribution in [0.3, 0.4) is 0 Å². The molecule has 0 aliphatic heterocycles. The Labute approximate surface area is 114 Å². The maximum atomic E-state index is 11.2. The van der Waals surface area contributed by atoms with Crippen molar-refractivity contribution in [3.05, 3.63) is 10.6 Å². The molecule has 0 amide bonds. The Kier molecular flexibility index (Phi) is 5.32. The van der Waals surface area contributed by atoms with Crippen LogP contribution >= 0.6 is 11.3 Å². The van der Waals surface area contributed by atoms with E-state index in [0.717, 1.165) is 47.9 Å². The molecule has 0 saturated carbocycles. The van der Waals surface area contributed by atoms with E-state index in [4.69, 9.17) is 4.98 Å². The highest BCUT2D eigenvalue weighted by Gasteiger charge is 2.24. The van der Waals surface area contributed by atoms with Crippen molar-refractivity contribution in [1.29, 1.82) is 0 Å². The molecule has 4 heteroatoms. The largest absolute Gasteiger partial charge is 0.348 e. The number of anilines is 1. The lowest BCUT2D eigenvalue weighted by molar-refractivity contribution is 0.112. The number of hydrogen-bond donors (Lipinski definition) is 0. The summed E-state index contributed by atoms with van der Waals surface area (Å²) in [6, 6.07) is 0. The summed E-state index contributed by atoms with van der Waals surface area (Å²) in [4.78, 5) is 18.9. The minimum Gasteiger partial charge on any atom is -0.348 e. The first-order chi connectivity index (χ1) is 8.43. The van der Waals surface area contributed by atoms with E-state index in [9.17, 15) is 4.79 Å². The molecule has 1 aromatic heterocycles. The number of carbonyl (C=O) groups is 1. The number of thiazole rings is 1. The molecule has 1 rings (SSSR count). The van der Waals surface area contributed by atoms with Gasteiger partial charge in [-0.05, 0) is 12.8 Å². The summed E-state index contributed by atoms with van der Waals surface area (Å²) in [5.41, 5.74) is 0.851. The monoisotopic (exact) mass is 268 g/mol. The Bertz CT molecular complexity index is 387. The molecule has 0 saturated heterocycles. The van der Waals surface area contributed by atoms with E-state index in [1.54, 1.807) is 0 Å². The fraction of sp³-hybridized carbons (Fsp3) is 0.714. The highest BCUT2D eigenvalue weighted by Crippen LogP contribution is 2.32. The number of hydrogen-bond acceptors (Lipinski definition) is 4. The van der Waals surface area contributed by atoms with E-state index >= 15 is 0 Å². The van der Waals surface area contributed by atoms with Gasteiger partial charge >= 0.3 is 0 Å². The molecule has 1 aromatic rings. The standard InChI is InChI=1S/C14H24N2OS/c1-6-8-16(9-7-2)13-15-12(14(3,4)5)11(10-17)18-13/h10H,6-9H2,1-5H3. The minimum absolute atomic E-state index is 0.0743. The SMILES string of the molecule is CCCN(CCC)c1nc(C(C)(C)C)c(C=O)s1. The molecule has 1 heterocycles. The smallest absolute Gasteiger partial charge is 0.186 e. The van der Waals surface area contributed by atoms with Crippen LogP contribution in [0.25, 0.3) is 0 Å². The quantitative estimate of drug-likeness (QED) is 0.734. The van der Waals surface area contributed by atoms with Crippen LogP contribution in [0.15, 0.2) is 0 Å². The first kappa shape index (κ1) is 15.2. The van der Waals surface area contributed by atoms with Crippen molar-refractivity contribution in [2.24, 2.45) is 0 Å². The number of aromatic nitrogens is 1. The summed E-state index contributed by atoms with van der Waals surface area (Å²) in [7, 11) is 0. The average Bonchev–Trinajstić information content (AvgIpc) is 2.72. The topological polar surface area (TPSA) is 33.2 Å². The zero-order valence-electron chi connectivity index (χ0n) is 12.1. The van der Waals surface area contributed by atoms with Gasteiger partial charge in [-0.3, -0.25) is 4.79 Å². The van der Waals surface area contributed by atoms with Gasteiger partial charge in [-0.15, -0.1) is 0 Å². The number of carbonyl (C=O) groups excluding carboxylic acids is 1. The van der Waals surface area contributed by atoms with Gasteiger partial charge in [0.25, 0.3) is 0 Å². The van der Waals surface area contributed by atoms with Gasteiger partial charge in [0.15, 0.2) is 11.4 Å². The maximum Gasteiger partial charge on any atom is 0.186 e. The van der Waals surface area contributed by atoms with E-state index in [-0.39, 0.29) is 5.41 Å². The lowest BCUT2D eigenvalue weighted by Gasteiger charge is -2.20. The third-order valence-corrected chi connectivity index (χ3v) is 3.76. The Morgan fingerprint density at radius 1 is 1.22 bits per heavy atom. The first-order valence-corrected chi connectivity index (χ1v) is 7.47. The Balaban J connectivity index is 3.09. The average molecular weight is 268 g/mol. The lowest BCUT2D eigenvalue weighted by atomic mass is 9.91. The van der Waals surface area contributed by atoms with Crippen LogP contribution in [0.2, 0.25) is 0 Å². The molecule has 0 aliphatic rings. The Hall–Kier alpha value is -0.900. The van der Waals surface area contributed by atoms with E-state index in [0.29, 0.717) is 0 Å². The molecule has 18 heavy (non-hydrogen) atoms. The summed E-state index contributed by atoms with van der Waals surface area (Å²) in [6.45, 7) is 12.6. The van der Waals surface area contributed by atoms with Crippen molar-refractivity contribution < 1.29 is 4.79 Å². The molecule has 0 aromatic carbocycles. The summed E-state index contributed by atoms with van der Waals surface area (Å²) < 4.78 is 0. The third-order valence-electron chi connectivity index (χ3n) is 2.72. The van der Waals surface area contributed by atoms with Crippen LogP contribution < -0.4 is 4.90 Å². The first-order valence-electron chi connectivity index (χ1n) is 6.65. The van der Waals surface area contributed by atoms with Crippen molar-refractivity contribution in [2.45, 2.75) is 52.9 Å². The predicted octanol–water partition coefficient (Wildman–Crippen LogP) is 3.88. The molecule has 0 fully saturated rings. The fourth-order valence-corrected chi connectivity index (χ4v) is 3.06. The van der Waals surface area contributed by atoms with Crippen LogP contribution in [0.4, 0.5) is 5.13 Å². The number of rotatable bonds is 6. The van der Waals surface area contributed by atoms with Crippen molar-refractivity contribution in [3.8, 4) is 0 Å². The Morgan fingerprint density at radius 3 is 2.11 bits per heavy atom. The van der Waals surface area contributed by atoms with Crippen molar-refractivity contribution in [3.63, 3.8) is 0 Å². The summed E-state index contributed by atoms with van der Waals surface area (Å²) in [6.07, 6.45) is 3.14. The van der Waals surface area contributed by atoms with Crippen molar-refractivity contribution in [1.82, 2.24) is 4.98 Å². The van der Waals surface area contributed by atoms with Crippen LogP contribution in [0, 0.1) is 0 Å². The van der Waals surface area contributed by atoms with Gasteiger partial charge in [0.1, 0.15) is 0 Å². The molecule has 0 bridgehead atoms. The van der Waals surface area contributed by atoms with E-state index < -0.39 is 0 Å². The maximum absolute atomic E-state index is 11.2. The molecular formula is C14H24N2OS. The molecule has 0 unspecified atom stereocenters. The highest BCUT2D eigenvalue weighted by molar-refractivity contribution is 7.17. The second kappa shape index (κ2) is 6.32. The third kappa shape index (κ3) is 3.55. The van der Waals surface area contributed by atoms with E-state index in [1.807, 2.05) is 0 Å². The van der Waals surface area contributed by atoms with Crippen molar-refractivity contribution in [2.75, 3.05) is 18.0 Å². The normalized spacial score (nSPS) is 11.6. The second-order valence-corrected chi connectivity index (χ2v) is 6.57. The zero-order chi connectivity index (χ0) is 13.8. The van der Waals surface area contributed by atoms with Gasteiger partial charge in [0, 0.05) is 18.5 Å². The molecule has 0 aliphatic carbocycles. The van der Waals surface area contributed by atoms with Gasteiger partial charge in [-0.1, -0.05) is 46.0 Å². The van der Waals surface area contributed by atoms with Crippen LogP contribution in [0.1, 0.15) is 62.8 Å². The zero-order valence-corrected chi connectivity index (χ0v) is 12.9. The van der Waals surface area contributed by atoms with Crippen molar-refractivity contribution >= 4 is 22.8 Å². The molecule has 102 valence electrons. The minimum atomic E-state index is -0.0743. The number of nitrogens with zero attached hydrogens (tertiary/aromatic N) is 2. The van der Waals surface area contributed by atoms with Gasteiger partial charge < -0.3 is 4.90 Å². The molecule has 3 nitrogen and oxygen atoms in total. The summed E-state index contributed by atoms with van der Waals surface area (Å²) in [5, 5.41) is 0.991. The van der Waals surface area contributed by atoms with Crippen LogP contribution in [0.5, 0.6) is 0 Å². The molecular weight excluding hydrogens is 244 g/mol. The van der Waals surface area contributed by atoms with E-state index in [2.05, 4.69) is 39.5 Å².